The average Bonchev–Trinajstić information content (AvgIpc) is 3.28. The Hall–Kier alpha value is -3.14. The molecule has 2 fully saturated rings. The van der Waals surface area contributed by atoms with Crippen molar-refractivity contribution in [3.63, 3.8) is 0 Å². The number of halogens is 1. The summed E-state index contributed by atoms with van der Waals surface area (Å²) in [4.78, 5) is 13.1. The highest BCUT2D eigenvalue weighted by Crippen LogP contribution is 2.43. The van der Waals surface area contributed by atoms with Crippen molar-refractivity contribution < 1.29 is 37.6 Å². The Morgan fingerprint density at radius 1 is 0.825 bits per heavy atom. The summed E-state index contributed by atoms with van der Waals surface area (Å²) in [7, 11) is 0. The number of rotatable bonds is 11. The van der Waals surface area contributed by atoms with Gasteiger partial charge < -0.3 is 28.4 Å². The maximum Gasteiger partial charge on any atom is 0.372 e. The van der Waals surface area contributed by atoms with E-state index in [1.54, 1.807) is 26.0 Å². The van der Waals surface area contributed by atoms with E-state index in [-0.39, 0.29) is 26.2 Å². The van der Waals surface area contributed by atoms with Crippen LogP contribution in [0.1, 0.15) is 37.0 Å². The lowest BCUT2D eigenvalue weighted by molar-refractivity contribution is -0.278. The lowest BCUT2D eigenvalue weighted by atomic mass is 9.93. The van der Waals surface area contributed by atoms with Crippen molar-refractivity contribution in [3.05, 3.63) is 108 Å². The monoisotopic (exact) mass is 550 g/mol. The van der Waals surface area contributed by atoms with E-state index < -0.39 is 42.0 Å². The first-order valence-electron chi connectivity index (χ1n) is 13.5. The number of fused-ring (bicyclic) bond motifs is 1. The summed E-state index contributed by atoms with van der Waals surface area (Å²) in [6.07, 6.45) is -3.57. The fraction of sp³-hybridized carbons (Fsp3) is 0.406. The normalized spacial score (nSPS) is 26.1. The molecule has 0 unspecified atom stereocenters. The number of esters is 1. The molecule has 0 aliphatic carbocycles. The van der Waals surface area contributed by atoms with Crippen LogP contribution in [0.3, 0.4) is 0 Å². The molecule has 8 heteroatoms. The summed E-state index contributed by atoms with van der Waals surface area (Å²) in [5.41, 5.74) is 2.66. The van der Waals surface area contributed by atoms with Crippen LogP contribution in [0.5, 0.6) is 0 Å². The first kappa shape index (κ1) is 28.4. The molecule has 0 bridgehead atoms. The first-order valence-corrected chi connectivity index (χ1v) is 13.5. The van der Waals surface area contributed by atoms with Crippen molar-refractivity contribution >= 4 is 5.97 Å². The van der Waals surface area contributed by atoms with Crippen molar-refractivity contribution in [2.24, 2.45) is 0 Å². The van der Waals surface area contributed by atoms with Crippen molar-refractivity contribution in [1.29, 1.82) is 0 Å². The van der Waals surface area contributed by atoms with E-state index in [1.165, 1.54) is 0 Å². The Morgan fingerprint density at radius 3 is 1.98 bits per heavy atom. The van der Waals surface area contributed by atoms with Crippen molar-refractivity contribution in [2.75, 3.05) is 6.61 Å². The van der Waals surface area contributed by atoms with Crippen LogP contribution >= 0.6 is 0 Å². The maximum atomic E-state index is 16.4. The first-order chi connectivity index (χ1) is 19.3. The molecule has 2 saturated heterocycles. The predicted molar refractivity (Wildman–Crippen MR) is 145 cm³/mol. The molecular formula is C32H35FO7. The topological polar surface area (TPSA) is 72.5 Å². The highest BCUT2D eigenvalue weighted by atomic mass is 19.2. The summed E-state index contributed by atoms with van der Waals surface area (Å²) in [6, 6.07) is 28.4. The molecule has 0 N–H and O–H groups in total. The number of ether oxygens (including phenoxy) is 6. The summed E-state index contributed by atoms with van der Waals surface area (Å²) in [5.74, 6) is -4.86. The van der Waals surface area contributed by atoms with Crippen molar-refractivity contribution in [3.8, 4) is 0 Å². The van der Waals surface area contributed by atoms with Gasteiger partial charge in [0, 0.05) is 6.42 Å². The molecule has 0 spiro atoms. The minimum absolute atomic E-state index is 0.0779. The lowest BCUT2D eigenvalue weighted by Gasteiger charge is -2.41. The predicted octanol–water partition coefficient (Wildman–Crippen LogP) is 5.51. The Labute approximate surface area is 234 Å². The lowest BCUT2D eigenvalue weighted by Crippen LogP contribution is -2.60. The molecule has 40 heavy (non-hydrogen) atoms. The fourth-order valence-corrected chi connectivity index (χ4v) is 5.02. The molecule has 0 aromatic heterocycles. The number of hydrogen-bond donors (Lipinski definition) is 0. The molecular weight excluding hydrogens is 515 g/mol. The quantitative estimate of drug-likeness (QED) is 0.292. The highest BCUT2D eigenvalue weighted by molar-refractivity contribution is 5.78. The van der Waals surface area contributed by atoms with Crippen LogP contribution in [0.4, 0.5) is 4.39 Å². The van der Waals surface area contributed by atoms with Crippen molar-refractivity contribution in [2.45, 2.75) is 76.1 Å². The zero-order valence-corrected chi connectivity index (χ0v) is 22.7. The van der Waals surface area contributed by atoms with Crippen LogP contribution in [0, 0.1) is 0 Å². The maximum absolute atomic E-state index is 16.4. The van der Waals surface area contributed by atoms with Crippen LogP contribution in [0.15, 0.2) is 91.0 Å². The average molecular weight is 551 g/mol. The Morgan fingerprint density at radius 2 is 1.38 bits per heavy atom. The van der Waals surface area contributed by atoms with Gasteiger partial charge in [-0.25, -0.2) is 4.79 Å². The van der Waals surface area contributed by atoms with E-state index in [9.17, 15) is 4.79 Å². The molecule has 0 saturated carbocycles. The van der Waals surface area contributed by atoms with Gasteiger partial charge >= 0.3 is 11.8 Å². The zero-order chi connectivity index (χ0) is 28.0. The van der Waals surface area contributed by atoms with Crippen LogP contribution in [0.25, 0.3) is 0 Å². The van der Waals surface area contributed by atoms with E-state index >= 15 is 4.39 Å². The Kier molecular flexibility index (Phi) is 8.93. The molecule has 5 atom stereocenters. The van der Waals surface area contributed by atoms with Crippen LogP contribution in [0.2, 0.25) is 0 Å². The summed E-state index contributed by atoms with van der Waals surface area (Å²) >= 11 is 0. The van der Waals surface area contributed by atoms with Gasteiger partial charge in [-0.1, -0.05) is 91.0 Å². The number of hydrogen-bond acceptors (Lipinski definition) is 7. The van der Waals surface area contributed by atoms with Gasteiger partial charge in [-0.15, -0.1) is 0 Å². The molecule has 3 aromatic rings. The van der Waals surface area contributed by atoms with Crippen LogP contribution in [-0.4, -0.2) is 48.6 Å². The molecule has 7 nitrogen and oxygen atoms in total. The van der Waals surface area contributed by atoms with Gasteiger partial charge in [-0.3, -0.25) is 0 Å². The summed E-state index contributed by atoms with van der Waals surface area (Å²) in [5, 5.41) is 0. The SMILES string of the molecule is CC1(C)O[C@H]2[C@@H]([C@@H](COCc3ccccc3)OCc3ccccc3)O[C@@](F)(C(=O)OCc3ccccc3)C[C@H]2O1. The third-order valence-electron chi connectivity index (χ3n) is 6.92. The van der Waals surface area contributed by atoms with Crippen LogP contribution < -0.4 is 0 Å². The second kappa shape index (κ2) is 12.6. The third-order valence-corrected chi connectivity index (χ3v) is 6.92. The van der Waals surface area contributed by atoms with Gasteiger partial charge in [-0.05, 0) is 30.5 Å². The van der Waals surface area contributed by atoms with E-state index in [4.69, 9.17) is 28.4 Å². The van der Waals surface area contributed by atoms with E-state index in [2.05, 4.69) is 0 Å². The zero-order valence-electron chi connectivity index (χ0n) is 22.7. The van der Waals surface area contributed by atoms with Crippen molar-refractivity contribution in [1.82, 2.24) is 0 Å². The standard InChI is InChI=1S/C32H35FO7/c1-31(2)38-26-18-32(33,30(34)37-21-25-16-10-5-11-17-25)40-29(28(26)39-31)27(36-20-24-14-8-4-9-15-24)22-35-19-23-12-6-3-7-13-23/h3-17,26-29H,18-22H2,1-2H3/t26-,27-,28-,29-,32-/m1/s1. The summed E-state index contributed by atoms with van der Waals surface area (Å²) in [6.45, 7) is 4.07. The minimum Gasteiger partial charge on any atom is -0.457 e. The van der Waals surface area contributed by atoms with Crippen LogP contribution in [-0.2, 0) is 53.0 Å². The number of carbonyl (C=O) groups excluding carboxylic acids is 1. The summed E-state index contributed by atoms with van der Waals surface area (Å²) < 4.78 is 52.2. The number of benzene rings is 3. The van der Waals surface area contributed by atoms with Gasteiger partial charge in [0.15, 0.2) is 5.79 Å². The molecule has 3 aromatic carbocycles. The van der Waals surface area contributed by atoms with Gasteiger partial charge in [0.2, 0.25) is 0 Å². The number of carbonyl (C=O) groups is 1. The smallest absolute Gasteiger partial charge is 0.372 e. The molecule has 2 aliphatic rings. The third kappa shape index (κ3) is 7.13. The second-order valence-electron chi connectivity index (χ2n) is 10.6. The molecule has 5 rings (SSSR count). The molecule has 212 valence electrons. The fourth-order valence-electron chi connectivity index (χ4n) is 5.02. The minimum atomic E-state index is -2.75. The largest absolute Gasteiger partial charge is 0.457 e. The van der Waals surface area contributed by atoms with E-state index in [0.29, 0.717) is 6.61 Å². The molecule has 0 amide bonds. The van der Waals surface area contributed by atoms with E-state index in [1.807, 2.05) is 78.9 Å². The van der Waals surface area contributed by atoms with Gasteiger partial charge in [0.25, 0.3) is 0 Å². The van der Waals surface area contributed by atoms with Gasteiger partial charge in [0.1, 0.15) is 24.9 Å². The van der Waals surface area contributed by atoms with Gasteiger partial charge in [-0.2, -0.15) is 4.39 Å². The highest BCUT2D eigenvalue weighted by Gasteiger charge is 2.61. The molecule has 2 heterocycles. The molecule has 0 radical (unpaired) electrons. The Balaban J connectivity index is 1.35. The second-order valence-corrected chi connectivity index (χ2v) is 10.6. The number of alkyl halides is 1. The van der Waals surface area contributed by atoms with E-state index in [0.717, 1.165) is 16.7 Å². The van der Waals surface area contributed by atoms with Gasteiger partial charge in [0.05, 0.1) is 25.9 Å². The molecule has 2 aliphatic heterocycles. The Bertz CT molecular complexity index is 1220.